The highest BCUT2D eigenvalue weighted by Crippen LogP contribution is 2.24. The van der Waals surface area contributed by atoms with E-state index in [-0.39, 0.29) is 36.2 Å². The molecule has 140 valence electrons. The first-order chi connectivity index (χ1) is 11.3. The van der Waals surface area contributed by atoms with Gasteiger partial charge in [0.1, 0.15) is 6.04 Å². The van der Waals surface area contributed by atoms with Crippen molar-refractivity contribution in [2.45, 2.75) is 39.3 Å². The third kappa shape index (κ3) is 5.33. The van der Waals surface area contributed by atoms with E-state index in [1.165, 1.54) is 0 Å². The molecule has 1 aliphatic rings. The van der Waals surface area contributed by atoms with Crippen molar-refractivity contribution in [1.82, 2.24) is 10.2 Å². The quantitative estimate of drug-likeness (QED) is 0.815. The van der Waals surface area contributed by atoms with Gasteiger partial charge in [-0.05, 0) is 56.0 Å². The van der Waals surface area contributed by atoms with Crippen LogP contribution in [0.2, 0.25) is 5.02 Å². The molecule has 0 radical (unpaired) electrons. The Morgan fingerprint density at radius 3 is 2.40 bits per heavy atom. The van der Waals surface area contributed by atoms with Gasteiger partial charge in [0.05, 0.1) is 0 Å². The van der Waals surface area contributed by atoms with Gasteiger partial charge in [-0.15, -0.1) is 12.4 Å². The van der Waals surface area contributed by atoms with Crippen molar-refractivity contribution in [3.05, 3.63) is 34.9 Å². The van der Waals surface area contributed by atoms with Gasteiger partial charge < -0.3 is 16.0 Å². The van der Waals surface area contributed by atoms with Crippen molar-refractivity contribution in [3.63, 3.8) is 0 Å². The van der Waals surface area contributed by atoms with Gasteiger partial charge in [0.2, 0.25) is 5.91 Å². The van der Waals surface area contributed by atoms with E-state index < -0.39 is 6.04 Å². The third-order valence-corrected chi connectivity index (χ3v) is 4.86. The standard InChI is InChI=1S/C18H26ClN3O2.ClH/c1-11(2)16(18(24)22-10-13(9-20)8-12(22)3)21-17(23)14-4-6-15(19)7-5-14;/h4-7,11-13,16H,8-10,20H2,1-3H3,(H,21,23);1H. The highest BCUT2D eigenvalue weighted by Gasteiger charge is 2.36. The lowest BCUT2D eigenvalue weighted by Gasteiger charge is -2.29. The fourth-order valence-corrected chi connectivity index (χ4v) is 3.26. The summed E-state index contributed by atoms with van der Waals surface area (Å²) in [5.41, 5.74) is 6.24. The van der Waals surface area contributed by atoms with Crippen molar-refractivity contribution in [3.8, 4) is 0 Å². The molecule has 3 N–H and O–H groups in total. The lowest BCUT2D eigenvalue weighted by atomic mass is 10.0. The minimum atomic E-state index is -0.549. The minimum absolute atomic E-state index is 0. The number of benzene rings is 1. The molecule has 7 heteroatoms. The molecule has 1 heterocycles. The number of amides is 2. The van der Waals surface area contributed by atoms with Crippen molar-refractivity contribution < 1.29 is 9.59 Å². The van der Waals surface area contributed by atoms with E-state index in [2.05, 4.69) is 5.32 Å². The van der Waals surface area contributed by atoms with Gasteiger partial charge in [-0.3, -0.25) is 9.59 Å². The Kier molecular flexibility index (Phi) is 8.19. The highest BCUT2D eigenvalue weighted by atomic mass is 35.5. The molecule has 1 aromatic carbocycles. The maximum Gasteiger partial charge on any atom is 0.251 e. The molecule has 0 saturated carbocycles. The van der Waals surface area contributed by atoms with Crippen LogP contribution >= 0.6 is 24.0 Å². The summed E-state index contributed by atoms with van der Waals surface area (Å²) in [7, 11) is 0. The molecule has 1 fully saturated rings. The number of nitrogens with one attached hydrogen (secondary N) is 1. The van der Waals surface area contributed by atoms with Crippen LogP contribution in [0.3, 0.4) is 0 Å². The van der Waals surface area contributed by atoms with Gasteiger partial charge in [0, 0.05) is 23.2 Å². The molecule has 3 unspecified atom stereocenters. The number of likely N-dealkylation sites (tertiary alicyclic amines) is 1. The molecule has 0 aliphatic carbocycles. The average Bonchev–Trinajstić information content (AvgIpc) is 2.93. The van der Waals surface area contributed by atoms with Crippen LogP contribution in [-0.4, -0.2) is 41.9 Å². The van der Waals surface area contributed by atoms with Crippen molar-refractivity contribution in [2.24, 2.45) is 17.6 Å². The molecular weight excluding hydrogens is 361 g/mol. The summed E-state index contributed by atoms with van der Waals surface area (Å²) < 4.78 is 0. The Morgan fingerprint density at radius 1 is 1.32 bits per heavy atom. The smallest absolute Gasteiger partial charge is 0.251 e. The number of hydrogen-bond acceptors (Lipinski definition) is 3. The summed E-state index contributed by atoms with van der Waals surface area (Å²) in [5.74, 6) is 0.0401. The normalized spacial score (nSPS) is 21.0. The second-order valence-corrected chi connectivity index (χ2v) is 7.32. The van der Waals surface area contributed by atoms with Crippen LogP contribution < -0.4 is 11.1 Å². The number of nitrogens with zero attached hydrogens (tertiary/aromatic N) is 1. The molecule has 25 heavy (non-hydrogen) atoms. The van der Waals surface area contributed by atoms with Crippen LogP contribution in [0.5, 0.6) is 0 Å². The fraction of sp³-hybridized carbons (Fsp3) is 0.556. The number of carbonyl (C=O) groups excluding carboxylic acids is 2. The molecule has 0 spiro atoms. The zero-order chi connectivity index (χ0) is 17.9. The molecule has 0 aromatic heterocycles. The summed E-state index contributed by atoms with van der Waals surface area (Å²) in [6, 6.07) is 6.24. The average molecular weight is 388 g/mol. The summed E-state index contributed by atoms with van der Waals surface area (Å²) in [6.07, 6.45) is 0.915. The first-order valence-corrected chi connectivity index (χ1v) is 8.78. The van der Waals surface area contributed by atoms with Crippen LogP contribution in [0.25, 0.3) is 0 Å². The first-order valence-electron chi connectivity index (χ1n) is 8.40. The monoisotopic (exact) mass is 387 g/mol. The van der Waals surface area contributed by atoms with Crippen molar-refractivity contribution in [2.75, 3.05) is 13.1 Å². The lowest BCUT2D eigenvalue weighted by molar-refractivity contribution is -0.135. The Morgan fingerprint density at radius 2 is 1.92 bits per heavy atom. The Labute approximate surface area is 160 Å². The number of hydrogen-bond donors (Lipinski definition) is 2. The number of halogens is 2. The minimum Gasteiger partial charge on any atom is -0.340 e. The topological polar surface area (TPSA) is 75.4 Å². The van der Waals surface area contributed by atoms with E-state index in [9.17, 15) is 9.59 Å². The van der Waals surface area contributed by atoms with Crippen molar-refractivity contribution >= 4 is 35.8 Å². The van der Waals surface area contributed by atoms with Crippen LogP contribution in [0.1, 0.15) is 37.6 Å². The SMILES string of the molecule is CC(C)C(NC(=O)c1ccc(Cl)cc1)C(=O)N1CC(CN)CC1C.Cl. The molecule has 2 rings (SSSR count). The summed E-state index contributed by atoms with van der Waals surface area (Å²) in [5, 5.41) is 3.45. The maximum atomic E-state index is 12.9. The first kappa shape index (κ1) is 21.7. The summed E-state index contributed by atoms with van der Waals surface area (Å²) >= 11 is 5.85. The largest absolute Gasteiger partial charge is 0.340 e. The maximum absolute atomic E-state index is 12.9. The van der Waals surface area contributed by atoms with E-state index in [1.807, 2.05) is 25.7 Å². The van der Waals surface area contributed by atoms with Gasteiger partial charge in [-0.2, -0.15) is 0 Å². The molecule has 1 saturated heterocycles. The zero-order valence-electron chi connectivity index (χ0n) is 14.9. The van der Waals surface area contributed by atoms with E-state index >= 15 is 0 Å². The van der Waals surface area contributed by atoms with Gasteiger partial charge in [0.25, 0.3) is 5.91 Å². The predicted molar refractivity (Wildman–Crippen MR) is 103 cm³/mol. The summed E-state index contributed by atoms with van der Waals surface area (Å²) in [6.45, 7) is 7.15. The lowest BCUT2D eigenvalue weighted by Crippen LogP contribution is -2.52. The fourth-order valence-electron chi connectivity index (χ4n) is 3.14. The highest BCUT2D eigenvalue weighted by molar-refractivity contribution is 6.30. The van der Waals surface area contributed by atoms with Crippen molar-refractivity contribution in [1.29, 1.82) is 0 Å². The van der Waals surface area contributed by atoms with E-state index in [4.69, 9.17) is 17.3 Å². The molecular formula is C18H27Cl2N3O2. The molecule has 0 bridgehead atoms. The van der Waals surface area contributed by atoms with E-state index in [0.29, 0.717) is 29.6 Å². The number of nitrogens with two attached hydrogens (primary N) is 1. The van der Waals surface area contributed by atoms with Crippen LogP contribution in [0.15, 0.2) is 24.3 Å². The zero-order valence-corrected chi connectivity index (χ0v) is 16.4. The molecule has 3 atom stereocenters. The van der Waals surface area contributed by atoms with Crippen LogP contribution in [0.4, 0.5) is 0 Å². The Bertz CT molecular complexity index is 592. The third-order valence-electron chi connectivity index (χ3n) is 4.60. The predicted octanol–water partition coefficient (Wildman–Crippen LogP) is 2.71. The van der Waals surface area contributed by atoms with E-state index in [0.717, 1.165) is 6.42 Å². The van der Waals surface area contributed by atoms with Crippen LogP contribution in [-0.2, 0) is 4.79 Å². The molecule has 5 nitrogen and oxygen atoms in total. The van der Waals surface area contributed by atoms with E-state index in [1.54, 1.807) is 24.3 Å². The molecule has 1 aromatic rings. The van der Waals surface area contributed by atoms with Gasteiger partial charge in [-0.25, -0.2) is 0 Å². The van der Waals surface area contributed by atoms with Gasteiger partial charge in [0.15, 0.2) is 0 Å². The second-order valence-electron chi connectivity index (χ2n) is 6.88. The Balaban J connectivity index is 0.00000312. The number of carbonyl (C=O) groups is 2. The van der Waals surface area contributed by atoms with Gasteiger partial charge in [-0.1, -0.05) is 25.4 Å². The Hall–Kier alpha value is -1.30. The van der Waals surface area contributed by atoms with Gasteiger partial charge >= 0.3 is 0 Å². The second kappa shape index (κ2) is 9.41. The number of rotatable bonds is 5. The molecule has 1 aliphatic heterocycles. The molecule has 2 amide bonds. The van der Waals surface area contributed by atoms with Crippen LogP contribution in [0, 0.1) is 11.8 Å². The summed E-state index contributed by atoms with van der Waals surface area (Å²) in [4.78, 5) is 27.2.